The first-order valence-corrected chi connectivity index (χ1v) is 11.4. The number of ether oxygens (including phenoxy) is 1. The first-order valence-electron chi connectivity index (χ1n) is 9.86. The zero-order valence-corrected chi connectivity index (χ0v) is 21.2. The molecule has 1 atom stereocenters. The van der Waals surface area contributed by atoms with Gasteiger partial charge in [-0.3, -0.25) is 15.3 Å². The van der Waals surface area contributed by atoms with Crippen LogP contribution < -0.4 is 10.8 Å². The minimum Gasteiger partial charge on any atom is -0.506 e. The number of hydrogen-bond acceptors (Lipinski definition) is 5. The van der Waals surface area contributed by atoms with Crippen molar-refractivity contribution >= 4 is 49.5 Å². The van der Waals surface area contributed by atoms with Crippen LogP contribution in [0.1, 0.15) is 43.9 Å². The molecular formula is C23H26Br2N2O5. The van der Waals surface area contributed by atoms with E-state index in [-0.39, 0.29) is 5.75 Å². The zero-order valence-electron chi connectivity index (χ0n) is 18.0. The van der Waals surface area contributed by atoms with E-state index >= 15 is 0 Å². The van der Waals surface area contributed by atoms with Gasteiger partial charge in [-0.1, -0.05) is 53.5 Å². The largest absolute Gasteiger partial charge is 0.506 e. The molecule has 2 aromatic rings. The number of nitrogens with one attached hydrogen (secondary N) is 2. The molecule has 2 amide bonds. The predicted molar refractivity (Wildman–Crippen MR) is 130 cm³/mol. The van der Waals surface area contributed by atoms with Crippen LogP contribution in [0.5, 0.6) is 5.75 Å². The highest BCUT2D eigenvalue weighted by molar-refractivity contribution is 9.11. The fourth-order valence-electron chi connectivity index (χ4n) is 3.14. The van der Waals surface area contributed by atoms with Crippen molar-refractivity contribution in [1.29, 1.82) is 0 Å². The van der Waals surface area contributed by atoms with Crippen molar-refractivity contribution in [2.24, 2.45) is 5.41 Å². The van der Waals surface area contributed by atoms with E-state index in [0.717, 1.165) is 5.56 Å². The molecule has 4 N–H and O–H groups in total. The molecule has 0 spiro atoms. The van der Waals surface area contributed by atoms with Gasteiger partial charge in [0, 0.05) is 27.2 Å². The number of rotatable bonds is 8. The number of carbonyl (C=O) groups excluding carboxylic acids is 2. The lowest BCUT2D eigenvalue weighted by Crippen LogP contribution is -2.29. The van der Waals surface area contributed by atoms with Crippen molar-refractivity contribution in [1.82, 2.24) is 5.48 Å². The third-order valence-electron chi connectivity index (χ3n) is 4.91. The molecule has 0 unspecified atom stereocenters. The Morgan fingerprint density at radius 2 is 1.84 bits per heavy atom. The average molecular weight is 570 g/mol. The Bertz CT molecular complexity index is 991. The van der Waals surface area contributed by atoms with Gasteiger partial charge < -0.3 is 9.84 Å². The molecule has 2 rings (SSSR count). The SMILES string of the molecule is Cc1ccc(NC(=O)O[C@H](c2cc(Br)cc(Br)c2O)C(C)(C)CC/C=C/C(=O)NO)cc1. The van der Waals surface area contributed by atoms with Crippen LogP contribution in [0, 0.1) is 12.3 Å². The molecule has 7 nitrogen and oxygen atoms in total. The molecule has 9 heteroatoms. The van der Waals surface area contributed by atoms with Gasteiger partial charge in [0.15, 0.2) is 0 Å². The number of hydroxylamine groups is 1. The number of amides is 2. The molecule has 0 aliphatic rings. The Labute approximate surface area is 204 Å². The first-order chi connectivity index (χ1) is 15.0. The van der Waals surface area contributed by atoms with Gasteiger partial charge in [0.1, 0.15) is 11.9 Å². The highest BCUT2D eigenvalue weighted by Crippen LogP contribution is 2.46. The Kier molecular flexibility index (Phi) is 9.30. The Balaban J connectivity index is 2.30. The van der Waals surface area contributed by atoms with Crippen molar-refractivity contribution in [3.05, 3.63) is 68.6 Å². The summed E-state index contributed by atoms with van der Waals surface area (Å²) in [6.07, 6.45) is 2.39. The normalized spacial score (nSPS) is 12.4. The second-order valence-corrected chi connectivity index (χ2v) is 9.78. The lowest BCUT2D eigenvalue weighted by molar-refractivity contribution is -0.124. The predicted octanol–water partition coefficient (Wildman–Crippen LogP) is 6.38. The van der Waals surface area contributed by atoms with E-state index < -0.39 is 23.5 Å². The number of carbonyl (C=O) groups is 2. The highest BCUT2D eigenvalue weighted by Gasteiger charge is 2.36. The molecule has 0 bridgehead atoms. The summed E-state index contributed by atoms with van der Waals surface area (Å²) >= 11 is 6.75. The quantitative estimate of drug-likeness (QED) is 0.167. The minimum absolute atomic E-state index is 0.0235. The van der Waals surface area contributed by atoms with E-state index in [2.05, 4.69) is 37.2 Å². The summed E-state index contributed by atoms with van der Waals surface area (Å²) in [4.78, 5) is 23.9. The number of halogens is 2. The molecule has 0 saturated heterocycles. The lowest BCUT2D eigenvalue weighted by Gasteiger charge is -2.34. The van der Waals surface area contributed by atoms with Crippen LogP contribution in [-0.4, -0.2) is 22.3 Å². The average Bonchev–Trinajstić information content (AvgIpc) is 2.73. The highest BCUT2D eigenvalue weighted by atomic mass is 79.9. The maximum Gasteiger partial charge on any atom is 0.412 e. The van der Waals surface area contributed by atoms with E-state index in [4.69, 9.17) is 9.94 Å². The zero-order chi connectivity index (χ0) is 23.9. The Morgan fingerprint density at radius 3 is 2.47 bits per heavy atom. The molecule has 0 saturated carbocycles. The molecule has 0 fully saturated rings. The number of aryl methyl sites for hydroxylation is 1. The molecule has 172 valence electrons. The van der Waals surface area contributed by atoms with E-state index in [1.807, 2.05) is 32.9 Å². The van der Waals surface area contributed by atoms with Gasteiger partial charge in [0.25, 0.3) is 5.91 Å². The summed E-state index contributed by atoms with van der Waals surface area (Å²) in [6, 6.07) is 10.7. The number of hydrogen-bond donors (Lipinski definition) is 4. The Morgan fingerprint density at radius 1 is 1.19 bits per heavy atom. The minimum atomic E-state index is -0.804. The molecule has 0 heterocycles. The van der Waals surface area contributed by atoms with Crippen LogP contribution in [-0.2, 0) is 9.53 Å². The van der Waals surface area contributed by atoms with Gasteiger partial charge in [-0.15, -0.1) is 0 Å². The van der Waals surface area contributed by atoms with Gasteiger partial charge in [-0.05, 0) is 60.0 Å². The van der Waals surface area contributed by atoms with Crippen molar-refractivity contribution in [2.75, 3.05) is 5.32 Å². The maximum atomic E-state index is 12.7. The van der Waals surface area contributed by atoms with E-state index in [0.29, 0.717) is 33.0 Å². The first kappa shape index (κ1) is 25.9. The smallest absolute Gasteiger partial charge is 0.412 e. The third-order valence-corrected chi connectivity index (χ3v) is 5.97. The fourth-order valence-corrected chi connectivity index (χ4v) is 4.39. The number of phenolic OH excluding ortho intramolecular Hbond substituents is 1. The van der Waals surface area contributed by atoms with Crippen LogP contribution in [0.2, 0.25) is 0 Å². The van der Waals surface area contributed by atoms with Gasteiger partial charge in [-0.25, -0.2) is 10.3 Å². The van der Waals surface area contributed by atoms with Gasteiger partial charge in [0.05, 0.1) is 4.47 Å². The molecule has 2 aromatic carbocycles. The molecular weight excluding hydrogens is 544 g/mol. The summed E-state index contributed by atoms with van der Waals surface area (Å²) < 4.78 is 7.00. The van der Waals surface area contributed by atoms with Crippen LogP contribution in [0.15, 0.2) is 57.5 Å². The monoisotopic (exact) mass is 568 g/mol. The van der Waals surface area contributed by atoms with Gasteiger partial charge >= 0.3 is 6.09 Å². The standard InChI is InChI=1S/C23H26Br2N2O5/c1-14-7-9-16(10-8-14)26-22(30)32-21(17-12-15(24)13-18(25)20(17)29)23(2,3)11-5-4-6-19(28)27-31/h4,6-10,12-13,21,29,31H,5,11H2,1-3H3,(H,26,30)(H,27,28)/b6-4+/t21-/m1/s1. The summed E-state index contributed by atoms with van der Waals surface area (Å²) in [7, 11) is 0. The maximum absolute atomic E-state index is 12.7. The van der Waals surface area contributed by atoms with Crippen molar-refractivity contribution in [3.63, 3.8) is 0 Å². The van der Waals surface area contributed by atoms with E-state index in [1.165, 1.54) is 11.6 Å². The molecule has 32 heavy (non-hydrogen) atoms. The number of phenols is 1. The third kappa shape index (κ3) is 7.36. The molecule has 0 aromatic heterocycles. The van der Waals surface area contributed by atoms with Crippen LogP contribution in [0.4, 0.5) is 10.5 Å². The summed E-state index contributed by atoms with van der Waals surface area (Å²) in [5.41, 5.74) is 3.01. The molecule has 0 aliphatic heterocycles. The second-order valence-electron chi connectivity index (χ2n) is 8.01. The van der Waals surface area contributed by atoms with Crippen LogP contribution in [0.25, 0.3) is 0 Å². The molecule has 0 radical (unpaired) electrons. The molecule has 0 aliphatic carbocycles. The topological polar surface area (TPSA) is 108 Å². The van der Waals surface area contributed by atoms with E-state index in [9.17, 15) is 14.7 Å². The number of allylic oxidation sites excluding steroid dienone is 1. The van der Waals surface area contributed by atoms with Crippen LogP contribution >= 0.6 is 31.9 Å². The van der Waals surface area contributed by atoms with Gasteiger partial charge in [0.2, 0.25) is 0 Å². The number of aromatic hydroxyl groups is 1. The van der Waals surface area contributed by atoms with E-state index in [1.54, 1.807) is 30.3 Å². The second kappa shape index (κ2) is 11.5. The van der Waals surface area contributed by atoms with Gasteiger partial charge in [-0.2, -0.15) is 0 Å². The number of benzene rings is 2. The van der Waals surface area contributed by atoms with Crippen molar-refractivity contribution < 1.29 is 24.6 Å². The van der Waals surface area contributed by atoms with Crippen molar-refractivity contribution in [3.8, 4) is 5.75 Å². The van der Waals surface area contributed by atoms with Crippen molar-refractivity contribution in [2.45, 2.75) is 39.7 Å². The summed E-state index contributed by atoms with van der Waals surface area (Å²) in [5.74, 6) is -0.647. The summed E-state index contributed by atoms with van der Waals surface area (Å²) in [5, 5.41) is 22.0. The fraction of sp³-hybridized carbons (Fsp3) is 0.304. The number of anilines is 1. The Hall–Kier alpha value is -2.36. The summed E-state index contributed by atoms with van der Waals surface area (Å²) in [6.45, 7) is 5.77. The van der Waals surface area contributed by atoms with Crippen LogP contribution in [0.3, 0.4) is 0 Å². The lowest BCUT2D eigenvalue weighted by atomic mass is 9.78.